The molecule has 0 aromatic rings. The van der Waals surface area contributed by atoms with E-state index in [1.807, 2.05) is 0 Å². The van der Waals surface area contributed by atoms with Gasteiger partial charge in [0.2, 0.25) is 0 Å². The maximum Gasteiger partial charge on any atom is 0.428 e. The summed E-state index contributed by atoms with van der Waals surface area (Å²) in [6.07, 6.45) is -4.53. The Morgan fingerprint density at radius 2 is 1.26 bits per heavy atom. The van der Waals surface area contributed by atoms with Gasteiger partial charge in [-0.1, -0.05) is 38.8 Å². The van der Waals surface area contributed by atoms with Crippen LogP contribution in [0.3, 0.4) is 0 Å². The van der Waals surface area contributed by atoms with Crippen LogP contribution in [0.25, 0.3) is 0 Å². The van der Waals surface area contributed by atoms with Crippen molar-refractivity contribution in [2.24, 2.45) is 0 Å². The van der Waals surface area contributed by atoms with E-state index >= 15 is 0 Å². The molecule has 0 atom stereocenters. The largest absolute Gasteiger partial charge is 0.428 e. The van der Waals surface area contributed by atoms with Crippen LogP contribution in [-0.4, -0.2) is 29.8 Å². The minimum Gasteiger partial charge on any atom is -0.427 e. The number of ether oxygens (including phenoxy) is 1. The number of unbranched alkanes of at least 4 members (excludes halogenated alkanes) is 2. The van der Waals surface area contributed by atoms with Gasteiger partial charge in [0.25, 0.3) is 0 Å². The Bertz CT molecular complexity index is 818. The van der Waals surface area contributed by atoms with Crippen molar-refractivity contribution in [1.82, 2.24) is 0 Å². The zero-order chi connectivity index (χ0) is 23.9. The van der Waals surface area contributed by atoms with E-state index in [0.717, 1.165) is 6.92 Å². The lowest BCUT2D eigenvalue weighted by Crippen LogP contribution is -2.52. The summed E-state index contributed by atoms with van der Waals surface area (Å²) in [4.78, 5) is 0. The van der Waals surface area contributed by atoms with E-state index in [1.165, 1.54) is 0 Å². The lowest BCUT2D eigenvalue weighted by atomic mass is 9.87. The molecule has 0 aromatic heterocycles. The molecule has 0 unspecified atom stereocenters. The van der Waals surface area contributed by atoms with Crippen LogP contribution in [0.2, 0.25) is 0 Å². The van der Waals surface area contributed by atoms with Crippen LogP contribution >= 0.6 is 0 Å². The van der Waals surface area contributed by atoms with E-state index < -0.39 is 65.1 Å². The van der Waals surface area contributed by atoms with Gasteiger partial charge in [0.15, 0.2) is 5.76 Å². The van der Waals surface area contributed by atoms with Crippen LogP contribution in [0, 0.1) is 0 Å². The summed E-state index contributed by atoms with van der Waals surface area (Å²) in [5.74, 6) is -23.1. The second-order valence-electron chi connectivity index (χ2n) is 7.22. The van der Waals surface area contributed by atoms with Crippen molar-refractivity contribution in [1.29, 1.82) is 0 Å². The predicted octanol–water partition coefficient (Wildman–Crippen LogP) is 7.82. The van der Waals surface area contributed by atoms with Crippen LogP contribution in [0.15, 0.2) is 46.8 Å². The Hall–Kier alpha value is -1.94. The van der Waals surface area contributed by atoms with Gasteiger partial charge in [-0.2, -0.15) is 43.9 Å². The van der Waals surface area contributed by atoms with Crippen LogP contribution in [0.5, 0.6) is 0 Å². The number of rotatable bonds is 8. The van der Waals surface area contributed by atoms with Gasteiger partial charge in [0.05, 0.1) is 0 Å². The molecule has 0 aliphatic heterocycles. The fourth-order valence-electron chi connectivity index (χ4n) is 3.22. The van der Waals surface area contributed by atoms with E-state index in [-0.39, 0.29) is 18.6 Å². The van der Waals surface area contributed by atoms with Gasteiger partial charge in [-0.15, -0.1) is 0 Å². The highest BCUT2D eigenvalue weighted by atomic mass is 19.3. The molecule has 2 aliphatic rings. The molecule has 2 rings (SSSR count). The molecule has 2 aliphatic carbocycles. The summed E-state index contributed by atoms with van der Waals surface area (Å²) in [6, 6.07) is 0. The molecule has 176 valence electrons. The SMILES string of the molecule is CCCCCC1=CC=C(C(F)(F)OC2=CC=C(CC)C(F)(F)C2(F)F)C(F)(F)C1(F)F. The molecule has 0 N–H and O–H groups in total. The molecule has 11 heteroatoms. The molecule has 31 heavy (non-hydrogen) atoms. The minimum atomic E-state index is -5.50. The first kappa shape index (κ1) is 25.3. The molecule has 0 radical (unpaired) electrons. The van der Waals surface area contributed by atoms with Crippen molar-refractivity contribution in [2.45, 2.75) is 75.8 Å². The van der Waals surface area contributed by atoms with Crippen molar-refractivity contribution in [3.8, 4) is 0 Å². The lowest BCUT2D eigenvalue weighted by molar-refractivity contribution is -0.266. The molecule has 1 nitrogen and oxygen atoms in total. The normalized spacial score (nSPS) is 24.0. The molecular weight excluding hydrogens is 446 g/mol. The van der Waals surface area contributed by atoms with Crippen molar-refractivity contribution in [3.63, 3.8) is 0 Å². The molecule has 0 fully saturated rings. The standard InChI is InChI=1S/C20H20F10O/c1-3-5-6-7-13-8-10-14(18(25,26)17(13,23)24)20(29,30)31-15-11-9-12(4-2)16(21,22)19(15,27)28/h8-11H,3-7H2,1-2H3. The van der Waals surface area contributed by atoms with Gasteiger partial charge in [-0.3, -0.25) is 0 Å². The van der Waals surface area contributed by atoms with Gasteiger partial charge in [-0.05, 0) is 31.4 Å². The molecular formula is C20H20F10O. The van der Waals surface area contributed by atoms with Crippen LogP contribution < -0.4 is 0 Å². The summed E-state index contributed by atoms with van der Waals surface area (Å²) in [5.41, 5.74) is -4.80. The summed E-state index contributed by atoms with van der Waals surface area (Å²) in [7, 11) is 0. The number of hydrogen-bond donors (Lipinski definition) is 0. The third kappa shape index (κ3) is 4.11. The van der Waals surface area contributed by atoms with Crippen LogP contribution in [-0.2, 0) is 4.74 Å². The number of allylic oxidation sites excluding steroid dienone is 7. The molecule has 0 saturated heterocycles. The highest BCUT2D eigenvalue weighted by molar-refractivity contribution is 5.41. The Balaban J connectivity index is 2.43. The molecule has 0 aromatic carbocycles. The molecule has 0 amide bonds. The molecule has 0 bridgehead atoms. The van der Waals surface area contributed by atoms with Gasteiger partial charge in [-0.25, -0.2) is 0 Å². The van der Waals surface area contributed by atoms with E-state index in [0.29, 0.717) is 25.0 Å². The van der Waals surface area contributed by atoms with E-state index in [2.05, 4.69) is 4.74 Å². The second kappa shape index (κ2) is 8.20. The lowest BCUT2D eigenvalue weighted by Gasteiger charge is -2.38. The first-order chi connectivity index (χ1) is 14.1. The fraction of sp³-hybridized carbons (Fsp3) is 0.600. The van der Waals surface area contributed by atoms with Crippen molar-refractivity contribution in [3.05, 3.63) is 46.8 Å². The van der Waals surface area contributed by atoms with Gasteiger partial charge >= 0.3 is 29.8 Å². The Labute approximate surface area is 172 Å². The smallest absolute Gasteiger partial charge is 0.427 e. The maximum absolute atomic E-state index is 14.4. The van der Waals surface area contributed by atoms with Crippen LogP contribution in [0.1, 0.15) is 46.0 Å². The third-order valence-corrected chi connectivity index (χ3v) is 5.11. The topological polar surface area (TPSA) is 9.23 Å². The Morgan fingerprint density at radius 3 is 1.81 bits per heavy atom. The minimum absolute atomic E-state index is 0.0360. The highest BCUT2D eigenvalue weighted by Crippen LogP contribution is 2.55. The maximum atomic E-state index is 14.4. The zero-order valence-electron chi connectivity index (χ0n) is 16.5. The van der Waals surface area contributed by atoms with Gasteiger partial charge in [0, 0.05) is 11.1 Å². The quantitative estimate of drug-likeness (QED) is 0.262. The summed E-state index contributed by atoms with van der Waals surface area (Å²) in [6.45, 7) is 2.85. The van der Waals surface area contributed by atoms with E-state index in [1.54, 1.807) is 6.92 Å². The number of hydrogen-bond acceptors (Lipinski definition) is 1. The van der Waals surface area contributed by atoms with Crippen molar-refractivity contribution < 1.29 is 48.6 Å². The first-order valence-electron chi connectivity index (χ1n) is 9.49. The van der Waals surface area contributed by atoms with E-state index in [4.69, 9.17) is 0 Å². The number of halogens is 10. The van der Waals surface area contributed by atoms with E-state index in [9.17, 15) is 43.9 Å². The Kier molecular flexibility index (Phi) is 6.70. The first-order valence-corrected chi connectivity index (χ1v) is 9.49. The third-order valence-electron chi connectivity index (χ3n) is 5.11. The number of alkyl halides is 10. The molecule has 0 heterocycles. The molecule has 0 saturated carbocycles. The monoisotopic (exact) mass is 466 g/mol. The second-order valence-corrected chi connectivity index (χ2v) is 7.22. The highest BCUT2D eigenvalue weighted by Gasteiger charge is 2.70. The molecule has 0 spiro atoms. The average Bonchev–Trinajstić information content (AvgIpc) is 2.63. The Morgan fingerprint density at radius 1 is 0.710 bits per heavy atom. The summed E-state index contributed by atoms with van der Waals surface area (Å²) in [5, 5.41) is 0. The van der Waals surface area contributed by atoms with Crippen molar-refractivity contribution >= 4 is 0 Å². The fourth-order valence-corrected chi connectivity index (χ4v) is 3.22. The summed E-state index contributed by atoms with van der Waals surface area (Å²) < 4.78 is 145. The predicted molar refractivity (Wildman–Crippen MR) is 92.6 cm³/mol. The zero-order valence-corrected chi connectivity index (χ0v) is 16.5. The van der Waals surface area contributed by atoms with Crippen molar-refractivity contribution in [2.75, 3.05) is 0 Å². The van der Waals surface area contributed by atoms with Gasteiger partial charge < -0.3 is 4.74 Å². The van der Waals surface area contributed by atoms with Gasteiger partial charge in [0.1, 0.15) is 5.57 Å². The average molecular weight is 466 g/mol. The summed E-state index contributed by atoms with van der Waals surface area (Å²) >= 11 is 0. The van der Waals surface area contributed by atoms with Crippen LogP contribution in [0.4, 0.5) is 43.9 Å².